The molecule has 17 heavy (non-hydrogen) atoms. The molecule has 0 aliphatic rings. The average molecular weight is 274 g/mol. The van der Waals surface area contributed by atoms with Gasteiger partial charge >= 0.3 is 5.97 Å². The molecule has 0 spiro atoms. The summed E-state index contributed by atoms with van der Waals surface area (Å²) in [5, 5.41) is 6.76. The van der Waals surface area contributed by atoms with Gasteiger partial charge in [-0.05, 0) is 6.26 Å². The third-order valence-electron chi connectivity index (χ3n) is 2.31. The van der Waals surface area contributed by atoms with Crippen LogP contribution in [0.15, 0.2) is 5.38 Å². The number of carbonyl (C=O) groups excluding carboxylic acids is 1. The molecule has 0 bridgehead atoms. The minimum Gasteiger partial charge on any atom is -0.469 e. The fraction of sp³-hybridized carbons (Fsp3) is 0.636. The standard InChI is InChI=1S/C11H18N2O2S2/c1-8(16-3)6-12-11-13-9(7-17-11)4-5-10(14)15-2/h7-8H,4-6H2,1-3H3,(H,12,13). The Morgan fingerprint density at radius 2 is 2.47 bits per heavy atom. The second kappa shape index (κ2) is 7.55. The Hall–Kier alpha value is -0.750. The monoisotopic (exact) mass is 274 g/mol. The van der Waals surface area contributed by atoms with Crippen molar-refractivity contribution >= 4 is 34.2 Å². The molecule has 1 N–H and O–H groups in total. The molecule has 1 atom stereocenters. The maximum Gasteiger partial charge on any atom is 0.305 e. The molecule has 1 aromatic heterocycles. The van der Waals surface area contributed by atoms with E-state index in [0.717, 1.165) is 17.4 Å². The van der Waals surface area contributed by atoms with Crippen molar-refractivity contribution in [2.45, 2.75) is 25.0 Å². The number of aromatic nitrogens is 1. The highest BCUT2D eigenvalue weighted by atomic mass is 32.2. The fourth-order valence-electron chi connectivity index (χ4n) is 1.15. The summed E-state index contributed by atoms with van der Waals surface area (Å²) in [6.45, 7) is 3.08. The van der Waals surface area contributed by atoms with Crippen molar-refractivity contribution in [2.24, 2.45) is 0 Å². The number of nitrogens with zero attached hydrogens (tertiary/aromatic N) is 1. The van der Waals surface area contributed by atoms with E-state index >= 15 is 0 Å². The van der Waals surface area contributed by atoms with Crippen LogP contribution >= 0.6 is 23.1 Å². The maximum absolute atomic E-state index is 11.0. The van der Waals surface area contributed by atoms with Crippen LogP contribution in [0.25, 0.3) is 0 Å². The van der Waals surface area contributed by atoms with Gasteiger partial charge in [-0.15, -0.1) is 11.3 Å². The number of ether oxygens (including phenoxy) is 1. The highest BCUT2D eigenvalue weighted by Crippen LogP contribution is 2.17. The van der Waals surface area contributed by atoms with Gasteiger partial charge < -0.3 is 10.1 Å². The highest BCUT2D eigenvalue weighted by molar-refractivity contribution is 7.99. The van der Waals surface area contributed by atoms with Crippen molar-refractivity contribution in [3.8, 4) is 0 Å². The van der Waals surface area contributed by atoms with Crippen molar-refractivity contribution in [3.05, 3.63) is 11.1 Å². The van der Waals surface area contributed by atoms with Gasteiger partial charge in [-0.3, -0.25) is 4.79 Å². The molecule has 6 heteroatoms. The van der Waals surface area contributed by atoms with Gasteiger partial charge in [-0.25, -0.2) is 4.98 Å². The molecule has 1 rings (SSSR count). The summed E-state index contributed by atoms with van der Waals surface area (Å²) < 4.78 is 4.59. The van der Waals surface area contributed by atoms with Crippen molar-refractivity contribution < 1.29 is 9.53 Å². The largest absolute Gasteiger partial charge is 0.469 e. The van der Waals surface area contributed by atoms with E-state index in [9.17, 15) is 4.79 Å². The van der Waals surface area contributed by atoms with Crippen LogP contribution in [0.5, 0.6) is 0 Å². The van der Waals surface area contributed by atoms with Gasteiger partial charge in [0.25, 0.3) is 0 Å². The van der Waals surface area contributed by atoms with Gasteiger partial charge in [-0.1, -0.05) is 6.92 Å². The van der Waals surface area contributed by atoms with Crippen LogP contribution in [0.1, 0.15) is 19.0 Å². The third-order valence-corrected chi connectivity index (χ3v) is 4.13. The summed E-state index contributed by atoms with van der Waals surface area (Å²) in [6, 6.07) is 0. The van der Waals surface area contributed by atoms with Crippen LogP contribution in [-0.2, 0) is 16.0 Å². The number of aryl methyl sites for hydroxylation is 1. The Bertz CT molecular complexity index is 355. The molecule has 4 nitrogen and oxygen atoms in total. The van der Waals surface area contributed by atoms with Crippen LogP contribution in [0.2, 0.25) is 0 Å². The zero-order chi connectivity index (χ0) is 12.7. The first-order chi connectivity index (χ1) is 8.15. The van der Waals surface area contributed by atoms with Crippen molar-refractivity contribution in [1.82, 2.24) is 4.98 Å². The Morgan fingerprint density at radius 3 is 3.12 bits per heavy atom. The molecule has 1 aromatic rings. The fourth-order valence-corrected chi connectivity index (χ4v) is 2.15. The zero-order valence-electron chi connectivity index (χ0n) is 10.4. The normalized spacial score (nSPS) is 12.2. The summed E-state index contributed by atoms with van der Waals surface area (Å²) in [5.41, 5.74) is 0.944. The Balaban J connectivity index is 2.34. The number of nitrogens with one attached hydrogen (secondary N) is 1. The lowest BCUT2D eigenvalue weighted by molar-refractivity contribution is -0.140. The summed E-state index contributed by atoms with van der Waals surface area (Å²) in [5.74, 6) is -0.191. The molecule has 0 aliphatic heterocycles. The van der Waals surface area contributed by atoms with Crippen LogP contribution in [-0.4, -0.2) is 36.1 Å². The van der Waals surface area contributed by atoms with Gasteiger partial charge in [0.15, 0.2) is 5.13 Å². The molecule has 0 aromatic carbocycles. The third kappa shape index (κ3) is 5.41. The molecule has 1 unspecified atom stereocenters. The van der Waals surface area contributed by atoms with E-state index in [1.807, 2.05) is 17.1 Å². The van der Waals surface area contributed by atoms with Crippen LogP contribution in [0, 0.1) is 0 Å². The molecule has 0 fully saturated rings. The van der Waals surface area contributed by atoms with Crippen LogP contribution < -0.4 is 5.32 Å². The minimum absolute atomic E-state index is 0.191. The number of thioether (sulfide) groups is 1. The van der Waals surface area contributed by atoms with Gasteiger partial charge in [0.05, 0.1) is 19.2 Å². The Morgan fingerprint density at radius 1 is 1.71 bits per heavy atom. The maximum atomic E-state index is 11.0. The Labute approximate surface area is 110 Å². The number of thiazole rings is 1. The molecule has 0 aliphatic carbocycles. The molecular weight excluding hydrogens is 256 g/mol. The van der Waals surface area contributed by atoms with E-state index in [-0.39, 0.29) is 5.97 Å². The van der Waals surface area contributed by atoms with Gasteiger partial charge in [0.2, 0.25) is 0 Å². The van der Waals surface area contributed by atoms with Crippen molar-refractivity contribution in [2.75, 3.05) is 25.2 Å². The number of carbonyl (C=O) groups is 1. The van der Waals surface area contributed by atoms with E-state index in [4.69, 9.17) is 0 Å². The first-order valence-corrected chi connectivity index (χ1v) is 7.60. The molecule has 0 saturated carbocycles. The minimum atomic E-state index is -0.191. The summed E-state index contributed by atoms with van der Waals surface area (Å²) in [7, 11) is 1.40. The molecular formula is C11H18N2O2S2. The summed E-state index contributed by atoms with van der Waals surface area (Å²) >= 11 is 3.40. The first kappa shape index (κ1) is 14.3. The quantitative estimate of drug-likeness (QED) is 0.774. The molecule has 96 valence electrons. The second-order valence-corrected chi connectivity index (χ2v) is 5.78. The van der Waals surface area contributed by atoms with Crippen molar-refractivity contribution in [3.63, 3.8) is 0 Å². The number of hydrogen-bond donors (Lipinski definition) is 1. The lowest BCUT2D eigenvalue weighted by Gasteiger charge is -2.07. The van der Waals surface area contributed by atoms with E-state index < -0.39 is 0 Å². The SMILES string of the molecule is COC(=O)CCc1csc(NCC(C)SC)n1. The van der Waals surface area contributed by atoms with Crippen molar-refractivity contribution in [1.29, 1.82) is 0 Å². The number of esters is 1. The highest BCUT2D eigenvalue weighted by Gasteiger charge is 2.06. The van der Waals surface area contributed by atoms with Gasteiger partial charge in [-0.2, -0.15) is 11.8 Å². The topological polar surface area (TPSA) is 51.2 Å². The van der Waals surface area contributed by atoms with E-state index in [1.165, 1.54) is 7.11 Å². The van der Waals surface area contributed by atoms with Gasteiger partial charge in [0, 0.05) is 23.6 Å². The zero-order valence-corrected chi connectivity index (χ0v) is 12.0. The molecule has 1 heterocycles. The van der Waals surface area contributed by atoms with Gasteiger partial charge in [0.1, 0.15) is 0 Å². The smallest absolute Gasteiger partial charge is 0.305 e. The predicted octanol–water partition coefficient (Wildman–Crippen LogP) is 2.41. The second-order valence-electron chi connectivity index (χ2n) is 3.65. The number of rotatable bonds is 7. The Kier molecular flexibility index (Phi) is 6.36. The lowest BCUT2D eigenvalue weighted by atomic mass is 10.2. The summed E-state index contributed by atoms with van der Waals surface area (Å²) in [4.78, 5) is 15.4. The lowest BCUT2D eigenvalue weighted by Crippen LogP contribution is -2.12. The number of methoxy groups -OCH3 is 1. The summed E-state index contributed by atoms with van der Waals surface area (Å²) in [6.07, 6.45) is 3.12. The number of hydrogen-bond acceptors (Lipinski definition) is 6. The molecule has 0 amide bonds. The average Bonchev–Trinajstić information content (AvgIpc) is 2.80. The van der Waals surface area contributed by atoms with E-state index in [2.05, 4.69) is 28.2 Å². The van der Waals surface area contributed by atoms with E-state index in [1.54, 1.807) is 11.3 Å². The van der Waals surface area contributed by atoms with Crippen LogP contribution in [0.3, 0.4) is 0 Å². The predicted molar refractivity (Wildman–Crippen MR) is 73.9 cm³/mol. The van der Waals surface area contributed by atoms with Crippen LogP contribution in [0.4, 0.5) is 5.13 Å². The molecule has 0 saturated heterocycles. The number of anilines is 1. The molecule has 0 radical (unpaired) electrons. The van der Waals surface area contributed by atoms with E-state index in [0.29, 0.717) is 18.1 Å². The first-order valence-electron chi connectivity index (χ1n) is 5.43.